The van der Waals surface area contributed by atoms with Crippen LogP contribution >= 0.6 is 0 Å². The molecular weight excluding hydrogens is 221 g/mol. The van der Waals surface area contributed by atoms with E-state index >= 15 is 0 Å². The van der Waals surface area contributed by atoms with Gasteiger partial charge in [0.1, 0.15) is 17.3 Å². The Bertz CT molecular complexity index is 485. The third-order valence-corrected chi connectivity index (χ3v) is 2.23. The Morgan fingerprint density at radius 3 is 2.53 bits per heavy atom. The smallest absolute Gasteiger partial charge is 0.127 e. The normalized spacial score (nSPS) is 10.2. The Morgan fingerprint density at radius 2 is 1.82 bits per heavy atom. The fourth-order valence-electron chi connectivity index (χ4n) is 1.45. The maximum absolute atomic E-state index is 12.7. The summed E-state index contributed by atoms with van der Waals surface area (Å²) < 4.78 is 18.2. The van der Waals surface area contributed by atoms with Gasteiger partial charge >= 0.3 is 0 Å². The SMILES string of the molecule is ONCc1cccc(Oc2ccc(F)cc2)c1. The molecule has 0 aliphatic rings. The second-order valence-corrected chi connectivity index (χ2v) is 3.54. The zero-order valence-electron chi connectivity index (χ0n) is 9.06. The van der Waals surface area contributed by atoms with E-state index in [1.807, 2.05) is 12.1 Å². The van der Waals surface area contributed by atoms with Gasteiger partial charge in [0, 0.05) is 6.54 Å². The van der Waals surface area contributed by atoms with Crippen LogP contribution in [0.15, 0.2) is 48.5 Å². The van der Waals surface area contributed by atoms with Crippen LogP contribution in [0.5, 0.6) is 11.5 Å². The number of nitrogens with one attached hydrogen (secondary N) is 1. The van der Waals surface area contributed by atoms with E-state index in [1.165, 1.54) is 12.1 Å². The summed E-state index contributed by atoms with van der Waals surface area (Å²) in [5, 5.41) is 8.60. The highest BCUT2D eigenvalue weighted by Gasteiger charge is 1.99. The molecular formula is C13H12FNO2. The number of ether oxygens (including phenoxy) is 1. The fourth-order valence-corrected chi connectivity index (χ4v) is 1.45. The summed E-state index contributed by atoms with van der Waals surface area (Å²) >= 11 is 0. The maximum atomic E-state index is 12.7. The van der Waals surface area contributed by atoms with Crippen molar-refractivity contribution < 1.29 is 14.3 Å². The van der Waals surface area contributed by atoms with Crippen LogP contribution in [0.1, 0.15) is 5.56 Å². The highest BCUT2D eigenvalue weighted by molar-refractivity contribution is 5.33. The largest absolute Gasteiger partial charge is 0.457 e. The first-order valence-corrected chi connectivity index (χ1v) is 5.17. The van der Waals surface area contributed by atoms with Crippen molar-refractivity contribution in [2.45, 2.75) is 6.54 Å². The molecule has 0 saturated carbocycles. The lowest BCUT2D eigenvalue weighted by Crippen LogP contribution is -2.05. The minimum absolute atomic E-state index is 0.296. The van der Waals surface area contributed by atoms with E-state index in [0.29, 0.717) is 18.0 Å². The van der Waals surface area contributed by atoms with E-state index in [9.17, 15) is 4.39 Å². The second kappa shape index (κ2) is 5.43. The van der Waals surface area contributed by atoms with Gasteiger partial charge in [0.15, 0.2) is 0 Å². The van der Waals surface area contributed by atoms with E-state index in [2.05, 4.69) is 5.48 Å². The van der Waals surface area contributed by atoms with Crippen LogP contribution in [0.3, 0.4) is 0 Å². The minimum Gasteiger partial charge on any atom is -0.457 e. The van der Waals surface area contributed by atoms with Crippen molar-refractivity contribution in [1.29, 1.82) is 0 Å². The van der Waals surface area contributed by atoms with E-state index in [4.69, 9.17) is 9.94 Å². The van der Waals surface area contributed by atoms with Crippen molar-refractivity contribution in [3.8, 4) is 11.5 Å². The van der Waals surface area contributed by atoms with Gasteiger partial charge in [0.05, 0.1) is 0 Å². The molecule has 2 aromatic carbocycles. The van der Waals surface area contributed by atoms with Crippen LogP contribution in [-0.2, 0) is 6.54 Å². The summed E-state index contributed by atoms with van der Waals surface area (Å²) in [6.07, 6.45) is 0. The second-order valence-electron chi connectivity index (χ2n) is 3.54. The lowest BCUT2D eigenvalue weighted by molar-refractivity contribution is 0.161. The van der Waals surface area contributed by atoms with Crippen LogP contribution in [0, 0.1) is 5.82 Å². The van der Waals surface area contributed by atoms with Crippen molar-refractivity contribution in [2.24, 2.45) is 0 Å². The van der Waals surface area contributed by atoms with Crippen molar-refractivity contribution >= 4 is 0 Å². The highest BCUT2D eigenvalue weighted by atomic mass is 19.1. The zero-order chi connectivity index (χ0) is 12.1. The van der Waals surface area contributed by atoms with Crippen LogP contribution in [0.2, 0.25) is 0 Å². The first-order valence-electron chi connectivity index (χ1n) is 5.17. The molecule has 0 atom stereocenters. The van der Waals surface area contributed by atoms with Crippen molar-refractivity contribution in [3.05, 3.63) is 59.9 Å². The lowest BCUT2D eigenvalue weighted by atomic mass is 10.2. The summed E-state index contributed by atoms with van der Waals surface area (Å²) in [5.74, 6) is 0.917. The molecule has 0 saturated heterocycles. The zero-order valence-corrected chi connectivity index (χ0v) is 9.06. The molecule has 0 spiro atoms. The Labute approximate surface area is 98.4 Å². The molecule has 2 aromatic rings. The standard InChI is InChI=1S/C13H12FNO2/c14-11-4-6-12(7-5-11)17-13-3-1-2-10(8-13)9-15-16/h1-8,15-16H,9H2. The molecule has 88 valence electrons. The molecule has 0 amide bonds. The third-order valence-electron chi connectivity index (χ3n) is 2.23. The van der Waals surface area contributed by atoms with Gasteiger partial charge < -0.3 is 9.94 Å². The molecule has 0 aromatic heterocycles. The molecule has 0 bridgehead atoms. The molecule has 0 radical (unpaired) electrons. The molecule has 0 unspecified atom stereocenters. The Morgan fingerprint density at radius 1 is 1.06 bits per heavy atom. The van der Waals surface area contributed by atoms with Crippen molar-refractivity contribution in [3.63, 3.8) is 0 Å². The minimum atomic E-state index is -0.296. The van der Waals surface area contributed by atoms with Crippen molar-refractivity contribution in [1.82, 2.24) is 5.48 Å². The quantitative estimate of drug-likeness (QED) is 0.797. The summed E-state index contributed by atoms with van der Waals surface area (Å²) in [4.78, 5) is 0. The van der Waals surface area contributed by atoms with Gasteiger partial charge in [-0.3, -0.25) is 0 Å². The first-order chi connectivity index (χ1) is 8.28. The van der Waals surface area contributed by atoms with Gasteiger partial charge in [-0.15, -0.1) is 0 Å². The summed E-state index contributed by atoms with van der Waals surface area (Å²) in [7, 11) is 0. The Kier molecular flexibility index (Phi) is 3.69. The predicted octanol–water partition coefficient (Wildman–Crippen LogP) is 3.10. The molecule has 2 N–H and O–H groups in total. The van der Waals surface area contributed by atoms with E-state index < -0.39 is 0 Å². The maximum Gasteiger partial charge on any atom is 0.127 e. The van der Waals surface area contributed by atoms with Crippen LogP contribution < -0.4 is 10.2 Å². The van der Waals surface area contributed by atoms with Gasteiger partial charge in [-0.25, -0.2) is 9.87 Å². The highest BCUT2D eigenvalue weighted by Crippen LogP contribution is 2.22. The summed E-state index contributed by atoms with van der Waals surface area (Å²) in [6.45, 7) is 0.348. The monoisotopic (exact) mass is 233 g/mol. The molecule has 17 heavy (non-hydrogen) atoms. The average molecular weight is 233 g/mol. The number of hydrogen-bond acceptors (Lipinski definition) is 3. The number of hydrogen-bond donors (Lipinski definition) is 2. The number of halogens is 1. The van der Waals surface area contributed by atoms with Gasteiger partial charge in [-0.1, -0.05) is 12.1 Å². The molecule has 0 aliphatic carbocycles. The van der Waals surface area contributed by atoms with E-state index in [0.717, 1.165) is 5.56 Å². The van der Waals surface area contributed by atoms with Gasteiger partial charge in [0.25, 0.3) is 0 Å². The van der Waals surface area contributed by atoms with Gasteiger partial charge in [-0.2, -0.15) is 0 Å². The average Bonchev–Trinajstić information content (AvgIpc) is 2.33. The third kappa shape index (κ3) is 3.27. The molecule has 4 heteroatoms. The Balaban J connectivity index is 2.12. The number of benzene rings is 2. The predicted molar refractivity (Wildman–Crippen MR) is 61.5 cm³/mol. The van der Waals surface area contributed by atoms with Gasteiger partial charge in [0.2, 0.25) is 0 Å². The molecule has 0 heterocycles. The van der Waals surface area contributed by atoms with Crippen molar-refractivity contribution in [2.75, 3.05) is 0 Å². The Hall–Kier alpha value is -1.91. The number of hydroxylamine groups is 1. The van der Waals surface area contributed by atoms with E-state index in [-0.39, 0.29) is 5.82 Å². The first kappa shape index (κ1) is 11.6. The van der Waals surface area contributed by atoms with E-state index in [1.54, 1.807) is 24.3 Å². The molecule has 0 fully saturated rings. The molecule has 3 nitrogen and oxygen atoms in total. The number of rotatable bonds is 4. The van der Waals surface area contributed by atoms with Crippen LogP contribution in [0.4, 0.5) is 4.39 Å². The van der Waals surface area contributed by atoms with Crippen LogP contribution in [-0.4, -0.2) is 5.21 Å². The molecule has 2 rings (SSSR count). The van der Waals surface area contributed by atoms with Gasteiger partial charge in [-0.05, 0) is 42.0 Å². The van der Waals surface area contributed by atoms with Crippen LogP contribution in [0.25, 0.3) is 0 Å². The molecule has 0 aliphatic heterocycles. The lowest BCUT2D eigenvalue weighted by Gasteiger charge is -2.07. The summed E-state index contributed by atoms with van der Waals surface area (Å²) in [6, 6.07) is 13.1. The fraction of sp³-hybridized carbons (Fsp3) is 0.0769. The summed E-state index contributed by atoms with van der Waals surface area (Å²) in [5.41, 5.74) is 2.97. The topological polar surface area (TPSA) is 41.5 Å².